The predicted molar refractivity (Wildman–Crippen MR) is 69.3 cm³/mol. The van der Waals surface area contributed by atoms with E-state index in [1.165, 1.54) is 0 Å². The third-order valence-corrected chi connectivity index (χ3v) is 3.53. The van der Waals surface area contributed by atoms with Crippen molar-refractivity contribution in [2.45, 2.75) is 39.0 Å². The van der Waals surface area contributed by atoms with Crippen molar-refractivity contribution >= 4 is 11.9 Å². The molecule has 104 valence electrons. The van der Waals surface area contributed by atoms with Crippen LogP contribution in [0, 0.1) is 11.8 Å². The summed E-state index contributed by atoms with van der Waals surface area (Å²) in [5, 5.41) is 14.9. The second-order valence-corrected chi connectivity index (χ2v) is 4.96. The van der Waals surface area contributed by atoms with Crippen molar-refractivity contribution < 1.29 is 14.7 Å². The lowest BCUT2D eigenvalue weighted by Crippen LogP contribution is -2.32. The quantitative estimate of drug-likeness (QED) is 0.594. The van der Waals surface area contributed by atoms with Crippen LogP contribution in [0.15, 0.2) is 0 Å². The van der Waals surface area contributed by atoms with Crippen LogP contribution in [0.1, 0.15) is 39.0 Å². The zero-order chi connectivity index (χ0) is 13.4. The highest BCUT2D eigenvalue weighted by Crippen LogP contribution is 2.28. The van der Waals surface area contributed by atoms with E-state index in [1.54, 1.807) is 0 Å². The Balaban J connectivity index is 2.04. The molecule has 5 heteroatoms. The van der Waals surface area contributed by atoms with Gasteiger partial charge in [0.15, 0.2) is 0 Å². The highest BCUT2D eigenvalue weighted by Gasteiger charge is 2.25. The maximum Gasteiger partial charge on any atom is 0.306 e. The first-order valence-corrected chi connectivity index (χ1v) is 6.83. The van der Waals surface area contributed by atoms with Crippen LogP contribution in [0.5, 0.6) is 0 Å². The van der Waals surface area contributed by atoms with Gasteiger partial charge in [0.1, 0.15) is 0 Å². The van der Waals surface area contributed by atoms with Crippen LogP contribution in [-0.4, -0.2) is 36.6 Å². The molecule has 0 aromatic rings. The van der Waals surface area contributed by atoms with Crippen molar-refractivity contribution in [3.63, 3.8) is 0 Å². The van der Waals surface area contributed by atoms with Crippen molar-refractivity contribution in [3.05, 3.63) is 0 Å². The smallest absolute Gasteiger partial charge is 0.306 e. The Bertz CT molecular complexity index is 273. The van der Waals surface area contributed by atoms with E-state index in [0.29, 0.717) is 25.4 Å². The molecule has 0 radical (unpaired) electrons. The van der Waals surface area contributed by atoms with Crippen LogP contribution < -0.4 is 10.6 Å². The topological polar surface area (TPSA) is 78.4 Å². The van der Waals surface area contributed by atoms with Gasteiger partial charge in [-0.3, -0.25) is 9.59 Å². The van der Waals surface area contributed by atoms with Crippen LogP contribution in [0.3, 0.4) is 0 Å². The molecule has 0 aromatic carbocycles. The Kier molecular flexibility index (Phi) is 6.72. The van der Waals surface area contributed by atoms with Crippen molar-refractivity contribution in [2.24, 2.45) is 11.8 Å². The number of hydrogen-bond acceptors (Lipinski definition) is 3. The number of rotatable bonds is 7. The van der Waals surface area contributed by atoms with Gasteiger partial charge in [0.25, 0.3) is 0 Å². The van der Waals surface area contributed by atoms with Crippen LogP contribution in [0.2, 0.25) is 0 Å². The van der Waals surface area contributed by atoms with Crippen LogP contribution in [0.25, 0.3) is 0 Å². The molecule has 0 saturated heterocycles. The Hall–Kier alpha value is -1.10. The van der Waals surface area contributed by atoms with Crippen molar-refractivity contribution in [3.8, 4) is 0 Å². The predicted octanol–water partition coefficient (Wildman–Crippen LogP) is 0.993. The van der Waals surface area contributed by atoms with Crippen molar-refractivity contribution in [2.75, 3.05) is 19.6 Å². The van der Waals surface area contributed by atoms with Crippen molar-refractivity contribution in [1.29, 1.82) is 0 Å². The molecule has 5 nitrogen and oxygen atoms in total. The van der Waals surface area contributed by atoms with Gasteiger partial charge in [0.2, 0.25) is 5.91 Å². The van der Waals surface area contributed by atoms with Gasteiger partial charge < -0.3 is 15.7 Å². The summed E-state index contributed by atoms with van der Waals surface area (Å²) in [6.07, 6.45) is 4.05. The monoisotopic (exact) mass is 256 g/mol. The number of amides is 1. The highest BCUT2D eigenvalue weighted by molar-refractivity contribution is 5.75. The minimum atomic E-state index is -0.655. The summed E-state index contributed by atoms with van der Waals surface area (Å²) < 4.78 is 0. The molecule has 1 aliphatic carbocycles. The molecule has 0 unspecified atom stereocenters. The molecule has 0 atom stereocenters. The van der Waals surface area contributed by atoms with Gasteiger partial charge in [-0.1, -0.05) is 0 Å². The second-order valence-electron chi connectivity index (χ2n) is 4.96. The highest BCUT2D eigenvalue weighted by atomic mass is 16.4. The van der Waals surface area contributed by atoms with Gasteiger partial charge in [-0.05, 0) is 45.1 Å². The summed E-state index contributed by atoms with van der Waals surface area (Å²) in [6.45, 7) is 4.18. The lowest BCUT2D eigenvalue weighted by atomic mass is 9.82. The summed E-state index contributed by atoms with van der Waals surface area (Å²) in [5.41, 5.74) is 0. The summed E-state index contributed by atoms with van der Waals surface area (Å²) in [5.74, 6) is -0.149. The third kappa shape index (κ3) is 5.49. The van der Waals surface area contributed by atoms with Gasteiger partial charge in [-0.2, -0.15) is 0 Å². The largest absolute Gasteiger partial charge is 0.481 e. The van der Waals surface area contributed by atoms with Crippen LogP contribution in [0.4, 0.5) is 0 Å². The van der Waals surface area contributed by atoms with Gasteiger partial charge in [-0.25, -0.2) is 0 Å². The maximum atomic E-state index is 11.2. The van der Waals surface area contributed by atoms with E-state index < -0.39 is 5.97 Å². The molecule has 1 aliphatic rings. The molecule has 0 aliphatic heterocycles. The fraction of sp³-hybridized carbons (Fsp3) is 0.846. The van der Waals surface area contributed by atoms with E-state index >= 15 is 0 Å². The third-order valence-electron chi connectivity index (χ3n) is 3.53. The molecule has 1 saturated carbocycles. The number of carboxylic acids is 1. The van der Waals surface area contributed by atoms with E-state index in [9.17, 15) is 9.59 Å². The number of carbonyl (C=O) groups is 2. The summed E-state index contributed by atoms with van der Waals surface area (Å²) in [7, 11) is 0. The van der Waals surface area contributed by atoms with Gasteiger partial charge in [0.05, 0.1) is 5.92 Å². The van der Waals surface area contributed by atoms with Crippen LogP contribution >= 0.6 is 0 Å². The normalized spacial score (nSPS) is 23.6. The maximum absolute atomic E-state index is 11.2. The lowest BCUT2D eigenvalue weighted by molar-refractivity contribution is -0.143. The minimum absolute atomic E-state index is 0.0829. The first-order chi connectivity index (χ1) is 8.63. The zero-order valence-corrected chi connectivity index (χ0v) is 11.1. The van der Waals surface area contributed by atoms with Gasteiger partial charge in [-0.15, -0.1) is 0 Å². The SMILES string of the molecule is CCNC(=O)CCNCC1CCC(C(=O)O)CC1. The standard InChI is InChI=1S/C13H24N2O3/c1-2-15-12(16)7-8-14-9-10-3-5-11(6-4-10)13(17)18/h10-11,14H,2-9H2,1H3,(H,15,16)(H,17,18). The average molecular weight is 256 g/mol. The zero-order valence-electron chi connectivity index (χ0n) is 11.1. The first kappa shape index (κ1) is 15.0. The molecule has 1 amide bonds. The minimum Gasteiger partial charge on any atom is -0.481 e. The Morgan fingerprint density at radius 3 is 2.44 bits per heavy atom. The van der Waals surface area contributed by atoms with E-state index in [1.807, 2.05) is 6.92 Å². The van der Waals surface area contributed by atoms with E-state index in [-0.39, 0.29) is 11.8 Å². The second kappa shape index (κ2) is 8.08. The first-order valence-electron chi connectivity index (χ1n) is 6.83. The Morgan fingerprint density at radius 2 is 1.89 bits per heavy atom. The van der Waals surface area contributed by atoms with Crippen LogP contribution in [-0.2, 0) is 9.59 Å². The fourth-order valence-corrected chi connectivity index (χ4v) is 2.41. The van der Waals surface area contributed by atoms with E-state index in [2.05, 4.69) is 10.6 Å². The Labute approximate surface area is 108 Å². The summed E-state index contributed by atoms with van der Waals surface area (Å²) in [6, 6.07) is 0. The average Bonchev–Trinajstić information content (AvgIpc) is 2.35. The molecule has 0 aromatic heterocycles. The van der Waals surface area contributed by atoms with E-state index in [4.69, 9.17) is 5.11 Å². The molecule has 0 heterocycles. The molecule has 3 N–H and O–H groups in total. The summed E-state index contributed by atoms with van der Waals surface area (Å²) >= 11 is 0. The van der Waals surface area contributed by atoms with Gasteiger partial charge in [0, 0.05) is 19.5 Å². The number of carboxylic acid groups (broad SMARTS) is 1. The molecular weight excluding hydrogens is 232 g/mol. The van der Waals surface area contributed by atoms with E-state index in [0.717, 1.165) is 32.2 Å². The fourth-order valence-electron chi connectivity index (χ4n) is 2.41. The Morgan fingerprint density at radius 1 is 1.22 bits per heavy atom. The molecule has 0 spiro atoms. The number of carbonyl (C=O) groups excluding carboxylic acids is 1. The number of hydrogen-bond donors (Lipinski definition) is 3. The lowest BCUT2D eigenvalue weighted by Gasteiger charge is -2.26. The number of nitrogens with one attached hydrogen (secondary N) is 2. The van der Waals surface area contributed by atoms with Gasteiger partial charge >= 0.3 is 5.97 Å². The molecule has 0 bridgehead atoms. The molecule has 1 fully saturated rings. The van der Waals surface area contributed by atoms with Crippen molar-refractivity contribution in [1.82, 2.24) is 10.6 Å². The molecular formula is C13H24N2O3. The summed E-state index contributed by atoms with van der Waals surface area (Å²) in [4.78, 5) is 22.0. The number of aliphatic carboxylic acids is 1. The molecule has 1 rings (SSSR count). The molecule has 18 heavy (non-hydrogen) atoms.